The number of nitrogens with zero attached hydrogens (tertiary/aromatic N) is 4. The fraction of sp³-hybridized carbons (Fsp3) is 0.379. The maximum absolute atomic E-state index is 13.9. The van der Waals surface area contributed by atoms with E-state index in [1.807, 2.05) is 4.90 Å². The Kier molecular flexibility index (Phi) is 11.3. The van der Waals surface area contributed by atoms with Crippen molar-refractivity contribution in [2.24, 2.45) is 7.05 Å². The Morgan fingerprint density at radius 1 is 0.911 bits per heavy atom. The van der Waals surface area contributed by atoms with E-state index in [0.29, 0.717) is 24.3 Å². The van der Waals surface area contributed by atoms with Crippen LogP contribution in [0.4, 0.5) is 37.7 Å². The van der Waals surface area contributed by atoms with Crippen LogP contribution >= 0.6 is 0 Å². The van der Waals surface area contributed by atoms with Crippen LogP contribution in [0, 0.1) is 6.92 Å². The molecule has 1 fully saturated rings. The fourth-order valence-electron chi connectivity index (χ4n) is 4.42. The Balaban J connectivity index is 0.000000707. The highest BCUT2D eigenvalue weighted by Crippen LogP contribution is 2.35. The first kappa shape index (κ1) is 35.0. The van der Waals surface area contributed by atoms with Crippen LogP contribution in [0.25, 0.3) is 0 Å². The van der Waals surface area contributed by atoms with Crippen molar-refractivity contribution in [2.45, 2.75) is 32.7 Å². The number of likely N-dealkylation sites (N-methyl/N-ethyl adjacent to an activating group) is 1. The molecule has 1 aromatic heterocycles. The maximum Gasteiger partial charge on any atom is 0.490 e. The van der Waals surface area contributed by atoms with E-state index in [4.69, 9.17) is 9.90 Å². The number of carbonyl (C=O) groups excluding carboxylic acids is 2. The molecule has 0 spiro atoms. The fourth-order valence-corrected chi connectivity index (χ4v) is 4.42. The minimum Gasteiger partial charge on any atom is -0.475 e. The summed E-state index contributed by atoms with van der Waals surface area (Å²) in [5.74, 6) is -3.59. The van der Waals surface area contributed by atoms with Gasteiger partial charge in [-0.05, 0) is 48.9 Å². The monoisotopic (exact) mass is 642 g/mol. The van der Waals surface area contributed by atoms with Crippen molar-refractivity contribution in [3.05, 3.63) is 76.9 Å². The van der Waals surface area contributed by atoms with Crippen LogP contribution < -0.4 is 10.6 Å². The molecule has 0 saturated carbocycles. The molecule has 4 rings (SSSR count). The number of aromatic nitrogens is 2. The number of benzene rings is 2. The number of alkyl halides is 6. The largest absolute Gasteiger partial charge is 0.490 e. The summed E-state index contributed by atoms with van der Waals surface area (Å²) in [6.07, 6.45) is -6.51. The molecule has 16 heteroatoms. The number of carbonyl (C=O) groups is 3. The van der Waals surface area contributed by atoms with Crippen LogP contribution in [0.2, 0.25) is 0 Å². The van der Waals surface area contributed by atoms with E-state index < -0.39 is 35.7 Å². The normalized spacial score (nSPS) is 14.3. The van der Waals surface area contributed by atoms with E-state index in [-0.39, 0.29) is 29.2 Å². The number of amides is 2. The Labute approximate surface area is 254 Å². The number of piperazine rings is 1. The molecule has 0 aliphatic carbocycles. The van der Waals surface area contributed by atoms with Crippen molar-refractivity contribution in [3.63, 3.8) is 0 Å². The van der Waals surface area contributed by atoms with Crippen LogP contribution in [0.3, 0.4) is 0 Å². The topological polar surface area (TPSA) is 120 Å². The van der Waals surface area contributed by atoms with Crippen molar-refractivity contribution in [3.8, 4) is 0 Å². The number of rotatable bonds is 7. The minimum absolute atomic E-state index is 0.0426. The molecule has 0 radical (unpaired) electrons. The molecule has 1 aliphatic rings. The molecule has 2 heterocycles. The van der Waals surface area contributed by atoms with E-state index in [0.717, 1.165) is 25.7 Å². The smallest absolute Gasteiger partial charge is 0.475 e. The zero-order valence-corrected chi connectivity index (χ0v) is 24.6. The van der Waals surface area contributed by atoms with Gasteiger partial charge in [-0.15, -0.1) is 0 Å². The second-order valence-corrected chi connectivity index (χ2v) is 10.2. The Morgan fingerprint density at radius 3 is 2.07 bits per heavy atom. The first-order valence-electron chi connectivity index (χ1n) is 13.6. The standard InChI is InChI=1S/C27H31F3N6O2.C2HF3O2/c1-4-35-11-13-36(14-12-35)17-20-7-8-21(16-22(20)27(28,29)30)32-25(37)19-6-5-18(2)23(15-19)33-26(38)24-31-9-10-34(24)3;3-2(4,5)1(6)7/h5-10,15-16H,4,11-14,17H2,1-3H3,(H,32,37)(H,33,38);(H,6,7). The Morgan fingerprint density at radius 2 is 1.53 bits per heavy atom. The number of halogens is 6. The Hall–Kier alpha value is -4.44. The van der Waals surface area contributed by atoms with Gasteiger partial charge in [0.1, 0.15) is 0 Å². The number of hydrogen-bond donors (Lipinski definition) is 3. The van der Waals surface area contributed by atoms with Gasteiger partial charge < -0.3 is 25.2 Å². The second kappa shape index (κ2) is 14.6. The molecule has 3 N–H and O–H groups in total. The summed E-state index contributed by atoms with van der Waals surface area (Å²) >= 11 is 0. The molecule has 244 valence electrons. The number of carboxylic acids is 1. The van der Waals surface area contributed by atoms with Gasteiger partial charge in [0, 0.05) is 69.1 Å². The van der Waals surface area contributed by atoms with Gasteiger partial charge in [-0.3, -0.25) is 14.5 Å². The van der Waals surface area contributed by atoms with Crippen molar-refractivity contribution >= 4 is 29.2 Å². The van der Waals surface area contributed by atoms with Crippen LogP contribution in [0.5, 0.6) is 0 Å². The molecule has 2 amide bonds. The molecule has 0 bridgehead atoms. The molecule has 10 nitrogen and oxygen atoms in total. The molecule has 3 aromatic rings. The summed E-state index contributed by atoms with van der Waals surface area (Å²) in [4.78, 5) is 42.7. The molecule has 0 atom stereocenters. The van der Waals surface area contributed by atoms with Gasteiger partial charge in [-0.2, -0.15) is 26.3 Å². The maximum atomic E-state index is 13.9. The van der Waals surface area contributed by atoms with Gasteiger partial charge in [0.15, 0.2) is 5.82 Å². The average Bonchev–Trinajstić information content (AvgIpc) is 3.40. The average molecular weight is 643 g/mol. The van der Waals surface area contributed by atoms with Gasteiger partial charge >= 0.3 is 18.3 Å². The number of anilines is 2. The highest BCUT2D eigenvalue weighted by atomic mass is 19.4. The van der Waals surface area contributed by atoms with Gasteiger partial charge in [0.2, 0.25) is 0 Å². The van der Waals surface area contributed by atoms with Crippen LogP contribution in [0.15, 0.2) is 48.8 Å². The summed E-state index contributed by atoms with van der Waals surface area (Å²) in [7, 11) is 1.69. The molecular formula is C29H32F6N6O4. The molecule has 0 unspecified atom stereocenters. The lowest BCUT2D eigenvalue weighted by atomic mass is 10.0. The zero-order valence-electron chi connectivity index (χ0n) is 24.6. The van der Waals surface area contributed by atoms with E-state index in [1.165, 1.54) is 24.4 Å². The number of aryl methyl sites for hydroxylation is 2. The molecule has 1 aliphatic heterocycles. The van der Waals surface area contributed by atoms with Gasteiger partial charge in [-0.25, -0.2) is 9.78 Å². The number of imidazole rings is 1. The van der Waals surface area contributed by atoms with Gasteiger partial charge in [-0.1, -0.05) is 19.1 Å². The van der Waals surface area contributed by atoms with Crippen molar-refractivity contribution in [1.82, 2.24) is 19.4 Å². The number of aliphatic carboxylic acids is 1. The molecule has 45 heavy (non-hydrogen) atoms. The van der Waals surface area contributed by atoms with Crippen LogP contribution in [-0.2, 0) is 24.6 Å². The zero-order chi connectivity index (χ0) is 33.5. The number of hydrogen-bond acceptors (Lipinski definition) is 6. The highest BCUT2D eigenvalue weighted by molar-refractivity contribution is 6.07. The summed E-state index contributed by atoms with van der Waals surface area (Å²) in [5, 5.41) is 12.4. The summed E-state index contributed by atoms with van der Waals surface area (Å²) in [6.45, 7) is 8.02. The van der Waals surface area contributed by atoms with E-state index in [9.17, 15) is 35.9 Å². The Bertz CT molecular complexity index is 1510. The SMILES string of the molecule is CCN1CCN(Cc2ccc(NC(=O)c3ccc(C)c(NC(=O)c4nccn4C)c3)cc2C(F)(F)F)CC1.O=C(O)C(F)(F)F. The van der Waals surface area contributed by atoms with Crippen LogP contribution in [0.1, 0.15) is 44.6 Å². The van der Waals surface area contributed by atoms with Crippen molar-refractivity contribution in [1.29, 1.82) is 0 Å². The lowest BCUT2D eigenvalue weighted by molar-refractivity contribution is -0.192. The highest BCUT2D eigenvalue weighted by Gasteiger charge is 2.38. The third-order valence-electron chi connectivity index (χ3n) is 6.99. The van der Waals surface area contributed by atoms with Crippen LogP contribution in [-0.4, -0.2) is 81.1 Å². The lowest BCUT2D eigenvalue weighted by Crippen LogP contribution is -2.45. The lowest BCUT2D eigenvalue weighted by Gasteiger charge is -2.34. The van der Waals surface area contributed by atoms with E-state index in [2.05, 4.69) is 27.4 Å². The first-order valence-corrected chi connectivity index (χ1v) is 13.6. The number of nitrogens with one attached hydrogen (secondary N) is 2. The van der Waals surface area contributed by atoms with Crippen molar-refractivity contribution < 1.29 is 45.8 Å². The number of carboxylic acid groups (broad SMARTS) is 1. The minimum atomic E-state index is -5.08. The van der Waals surface area contributed by atoms with E-state index >= 15 is 0 Å². The third-order valence-corrected chi connectivity index (χ3v) is 6.99. The first-order chi connectivity index (χ1) is 21.0. The van der Waals surface area contributed by atoms with Crippen molar-refractivity contribution in [2.75, 3.05) is 43.4 Å². The molecule has 1 saturated heterocycles. The predicted octanol–water partition coefficient (Wildman–Crippen LogP) is 5.02. The van der Waals surface area contributed by atoms with Gasteiger partial charge in [0.25, 0.3) is 11.8 Å². The third kappa shape index (κ3) is 9.78. The quantitative estimate of drug-likeness (QED) is 0.310. The molecule has 2 aromatic carbocycles. The summed E-state index contributed by atoms with van der Waals surface area (Å²) < 4.78 is 75.1. The summed E-state index contributed by atoms with van der Waals surface area (Å²) in [5.41, 5.74) is 0.765. The van der Waals surface area contributed by atoms with E-state index in [1.54, 1.807) is 36.9 Å². The van der Waals surface area contributed by atoms with Gasteiger partial charge in [0.05, 0.1) is 5.56 Å². The predicted molar refractivity (Wildman–Crippen MR) is 153 cm³/mol. The molecular weight excluding hydrogens is 610 g/mol. The second-order valence-electron chi connectivity index (χ2n) is 10.2. The summed E-state index contributed by atoms with van der Waals surface area (Å²) in [6, 6.07) is 8.59.